The lowest BCUT2D eigenvalue weighted by Gasteiger charge is -2.12. The Kier molecular flexibility index (Phi) is 16.0. The minimum Gasteiger partial charge on any atom is -0.290 e. The van der Waals surface area contributed by atoms with E-state index in [1.165, 1.54) is 5.04 Å². The summed E-state index contributed by atoms with van der Waals surface area (Å²) < 4.78 is 2.14. The first kappa shape index (κ1) is 36.7. The second kappa shape index (κ2) is 19.7. The fourth-order valence-electron chi connectivity index (χ4n) is 4.05. The van der Waals surface area contributed by atoms with Gasteiger partial charge in [-0.2, -0.15) is 0 Å². The Labute approximate surface area is 273 Å². The van der Waals surface area contributed by atoms with Gasteiger partial charge >= 0.3 is 0 Å². The number of nitrogens with zero attached hydrogens (tertiary/aromatic N) is 4. The average Bonchev–Trinajstić information content (AvgIpc) is 3.52. The van der Waals surface area contributed by atoms with Gasteiger partial charge in [-0.3, -0.25) is 14.8 Å². The van der Waals surface area contributed by atoms with Crippen LogP contribution < -0.4 is 11.3 Å². The van der Waals surface area contributed by atoms with Crippen LogP contribution in [-0.2, 0) is 0 Å². The Balaban J connectivity index is 0.000000248. The van der Waals surface area contributed by atoms with Crippen molar-refractivity contribution in [2.45, 2.75) is 48.0 Å². The van der Waals surface area contributed by atoms with E-state index in [4.69, 9.17) is 5.84 Å². The first-order chi connectivity index (χ1) is 21.3. The summed E-state index contributed by atoms with van der Waals surface area (Å²) in [4.78, 5) is 15.4. The van der Waals surface area contributed by atoms with Crippen molar-refractivity contribution in [1.29, 1.82) is 0 Å². The lowest BCUT2D eigenvalue weighted by Crippen LogP contribution is -2.29. The highest BCUT2D eigenvalue weighted by molar-refractivity contribution is 8.13. The lowest BCUT2D eigenvalue weighted by atomic mass is 10.1. The van der Waals surface area contributed by atoms with Crippen LogP contribution in [0.1, 0.15) is 64.1 Å². The van der Waals surface area contributed by atoms with E-state index in [1.807, 2.05) is 90.0 Å². The fraction of sp³-hybridized carbons (Fsp3) is 0.243. The van der Waals surface area contributed by atoms with Crippen molar-refractivity contribution in [2.75, 3.05) is 5.75 Å². The van der Waals surface area contributed by atoms with Gasteiger partial charge in [0.2, 0.25) is 0 Å². The number of nitrogens with two attached hydrogens (primary N) is 1. The van der Waals surface area contributed by atoms with Gasteiger partial charge in [0.25, 0.3) is 5.91 Å². The Morgan fingerprint density at radius 1 is 0.800 bits per heavy atom. The molecule has 45 heavy (non-hydrogen) atoms. The molecule has 0 aliphatic heterocycles. The van der Waals surface area contributed by atoms with E-state index in [9.17, 15) is 4.79 Å². The van der Waals surface area contributed by atoms with Crippen molar-refractivity contribution in [3.63, 3.8) is 0 Å². The monoisotopic (exact) mass is 622 g/mol. The highest BCUT2D eigenvalue weighted by Gasteiger charge is 2.17. The molecule has 0 fully saturated rings. The smallest absolute Gasteiger partial charge is 0.265 e. The molecular formula is C37H46N6OS. The predicted octanol–water partition coefficient (Wildman–Crippen LogP) is 9.11. The number of hydrogen-bond acceptors (Lipinski definition) is 6. The number of carbonyl (C=O) groups excluding carboxylic acids is 1. The molecule has 0 unspecified atom stereocenters. The molecule has 3 N–H and O–H groups in total. The second-order valence-corrected chi connectivity index (χ2v) is 11.6. The molecule has 4 aromatic carbocycles. The molecule has 0 bridgehead atoms. The Morgan fingerprint density at radius 2 is 1.31 bits per heavy atom. The van der Waals surface area contributed by atoms with Gasteiger partial charge in [0.05, 0.1) is 10.7 Å². The summed E-state index contributed by atoms with van der Waals surface area (Å²) in [5, 5.41) is 10.00. The van der Waals surface area contributed by atoms with Crippen LogP contribution in [0.5, 0.6) is 0 Å². The van der Waals surface area contributed by atoms with Crippen LogP contribution in [-0.4, -0.2) is 31.5 Å². The Bertz CT molecular complexity index is 1550. The third kappa shape index (κ3) is 11.5. The van der Waals surface area contributed by atoms with Gasteiger partial charge in [-0.05, 0) is 42.2 Å². The Hall–Kier alpha value is -4.53. The van der Waals surface area contributed by atoms with E-state index in [0.717, 1.165) is 34.3 Å². The maximum absolute atomic E-state index is 10.8. The number of nitrogens with one attached hydrogen (secondary N) is 1. The van der Waals surface area contributed by atoms with Crippen LogP contribution in [0, 0.1) is 5.92 Å². The number of thioether (sulfide) groups is 1. The number of benzene rings is 4. The number of hydrogen-bond donors (Lipinski definition) is 2. The zero-order valence-corrected chi connectivity index (χ0v) is 26.9. The number of carbonyl (C=O) groups is 1. The molecule has 0 aliphatic carbocycles. The van der Waals surface area contributed by atoms with Crippen LogP contribution in [0.15, 0.2) is 126 Å². The summed E-state index contributed by atoms with van der Waals surface area (Å²) in [6.45, 7) is 10.8. The molecule has 5 aromatic rings. The minimum absolute atomic E-state index is 0. The summed E-state index contributed by atoms with van der Waals surface area (Å²) in [6, 6.07) is 39.4. The molecule has 1 amide bonds. The van der Waals surface area contributed by atoms with Crippen molar-refractivity contribution < 1.29 is 4.79 Å². The van der Waals surface area contributed by atoms with E-state index < -0.39 is 0 Å². The van der Waals surface area contributed by atoms with Gasteiger partial charge in [0.15, 0.2) is 5.82 Å². The van der Waals surface area contributed by atoms with Crippen LogP contribution in [0.25, 0.3) is 17.1 Å². The number of para-hydroxylation sites is 2. The van der Waals surface area contributed by atoms with Crippen LogP contribution in [0.3, 0.4) is 0 Å². The average molecular weight is 623 g/mol. The minimum atomic E-state index is -0.263. The largest absolute Gasteiger partial charge is 0.290 e. The normalized spacial score (nSPS) is 10.6. The fourth-order valence-corrected chi connectivity index (χ4v) is 4.85. The number of rotatable bonds is 7. The quantitative estimate of drug-likeness (QED) is 0.0620. The summed E-state index contributed by atoms with van der Waals surface area (Å²) >= 11 is 1.83. The zero-order valence-electron chi connectivity index (χ0n) is 26.1. The molecule has 7 nitrogen and oxygen atoms in total. The topological polar surface area (TPSA) is 98.2 Å². The van der Waals surface area contributed by atoms with Crippen LogP contribution in [0.2, 0.25) is 0 Å². The number of aromatic nitrogens is 3. The summed E-state index contributed by atoms with van der Waals surface area (Å²) in [6.07, 6.45) is 0. The first-order valence-electron chi connectivity index (χ1n) is 14.7. The first-order valence-corrected chi connectivity index (χ1v) is 15.7. The van der Waals surface area contributed by atoms with Gasteiger partial charge in [-0.25, -0.2) is 10.8 Å². The highest BCUT2D eigenvalue weighted by Crippen LogP contribution is 2.26. The SMILES string of the molecule is C.CC(C)c1nnc(-c2ccccc2)n1-c1ccccc1.CCSC(=Nc1ccccc1)C(C)C.NNC(=O)c1ccccc1. The van der Waals surface area contributed by atoms with E-state index in [-0.39, 0.29) is 13.3 Å². The molecule has 0 atom stereocenters. The third-order valence-electron chi connectivity index (χ3n) is 6.20. The number of aliphatic imine (C=N–C) groups is 1. The maximum Gasteiger partial charge on any atom is 0.265 e. The molecular weight excluding hydrogens is 577 g/mol. The summed E-state index contributed by atoms with van der Waals surface area (Å²) in [7, 11) is 0. The van der Waals surface area contributed by atoms with Gasteiger partial charge in [0.1, 0.15) is 5.82 Å². The molecule has 0 radical (unpaired) electrons. The lowest BCUT2D eigenvalue weighted by molar-refractivity contribution is 0.0953. The van der Waals surface area contributed by atoms with Crippen LogP contribution >= 0.6 is 11.8 Å². The molecule has 1 heterocycles. The third-order valence-corrected chi connectivity index (χ3v) is 7.35. The second-order valence-electron chi connectivity index (χ2n) is 10.3. The number of amides is 1. The molecule has 0 saturated heterocycles. The molecule has 0 saturated carbocycles. The van der Waals surface area contributed by atoms with Gasteiger partial charge in [-0.15, -0.1) is 22.0 Å². The molecule has 236 valence electrons. The standard InChI is InChI=1S/C17H17N3.C12H17NS.C7H8N2O.CH4/c1-13(2)16-18-19-17(14-9-5-3-6-10-14)20(16)15-11-7-4-8-12-15;1-4-14-12(10(2)3)13-11-8-6-5-7-9-11;8-9-7(10)6-4-2-1-3-5-6;/h3-13H,1-2H3;5-10H,4H2,1-3H3;1-5H,8H2,(H,9,10);1H4. The summed E-state index contributed by atoms with van der Waals surface area (Å²) in [5.41, 5.74) is 5.85. The molecule has 1 aromatic heterocycles. The zero-order chi connectivity index (χ0) is 31.7. The number of nitrogen functional groups attached to an aromatic ring is 1. The van der Waals surface area contributed by atoms with E-state index in [1.54, 1.807) is 24.3 Å². The van der Waals surface area contributed by atoms with Crippen molar-refractivity contribution in [2.24, 2.45) is 16.8 Å². The Morgan fingerprint density at radius 3 is 1.80 bits per heavy atom. The molecule has 5 rings (SSSR count). The molecule has 0 spiro atoms. The van der Waals surface area contributed by atoms with Crippen LogP contribution in [0.4, 0.5) is 5.69 Å². The van der Waals surface area contributed by atoms with E-state index in [2.05, 4.69) is 78.6 Å². The van der Waals surface area contributed by atoms with E-state index >= 15 is 0 Å². The van der Waals surface area contributed by atoms with Crippen molar-refractivity contribution in [3.05, 3.63) is 133 Å². The predicted molar refractivity (Wildman–Crippen MR) is 192 cm³/mol. The van der Waals surface area contributed by atoms with Crippen molar-refractivity contribution in [3.8, 4) is 17.1 Å². The van der Waals surface area contributed by atoms with Gasteiger partial charge in [0, 0.05) is 28.7 Å². The number of hydrazine groups is 1. The highest BCUT2D eigenvalue weighted by atomic mass is 32.2. The van der Waals surface area contributed by atoms with Gasteiger partial charge in [-0.1, -0.05) is 127 Å². The maximum atomic E-state index is 10.8. The molecule has 8 heteroatoms. The van der Waals surface area contributed by atoms with Crippen molar-refractivity contribution >= 4 is 28.4 Å². The summed E-state index contributed by atoms with van der Waals surface area (Å²) in [5.74, 6) is 8.43. The van der Waals surface area contributed by atoms with Gasteiger partial charge < -0.3 is 0 Å². The van der Waals surface area contributed by atoms with E-state index in [0.29, 0.717) is 17.4 Å². The van der Waals surface area contributed by atoms with Crippen molar-refractivity contribution in [1.82, 2.24) is 20.2 Å². The molecule has 0 aliphatic rings.